The lowest BCUT2D eigenvalue weighted by Gasteiger charge is -2.24. The predicted octanol–water partition coefficient (Wildman–Crippen LogP) is 1.83. The fourth-order valence-corrected chi connectivity index (χ4v) is 2.20. The molecule has 144 valence electrons. The smallest absolute Gasteiger partial charge is 0.402 e. The predicted molar refractivity (Wildman–Crippen MR) is 91.8 cm³/mol. The molecule has 1 aromatic heterocycles. The minimum Gasteiger partial charge on any atom is -0.481 e. The van der Waals surface area contributed by atoms with E-state index in [9.17, 15) is 13.6 Å². The molecule has 27 heavy (non-hydrogen) atoms. The van der Waals surface area contributed by atoms with Crippen LogP contribution in [0.15, 0.2) is 29.4 Å². The average molecular weight is 380 g/mol. The van der Waals surface area contributed by atoms with Gasteiger partial charge in [0.2, 0.25) is 17.6 Å². The van der Waals surface area contributed by atoms with Gasteiger partial charge in [0.05, 0.1) is 26.5 Å². The highest BCUT2D eigenvalue weighted by molar-refractivity contribution is 5.86. The molecule has 10 heteroatoms. The third kappa shape index (κ3) is 4.53. The van der Waals surface area contributed by atoms with E-state index in [0.29, 0.717) is 0 Å². The van der Waals surface area contributed by atoms with Gasteiger partial charge >= 0.3 is 5.97 Å². The Kier molecular flexibility index (Phi) is 6.35. The molecule has 0 bridgehead atoms. The van der Waals surface area contributed by atoms with Crippen molar-refractivity contribution in [3.05, 3.63) is 47.3 Å². The maximum Gasteiger partial charge on any atom is 0.402 e. The Morgan fingerprint density at radius 2 is 1.78 bits per heavy atom. The van der Waals surface area contributed by atoms with E-state index in [1.54, 1.807) is 0 Å². The van der Waals surface area contributed by atoms with Gasteiger partial charge in [-0.2, -0.15) is 9.97 Å². The lowest BCUT2D eigenvalue weighted by atomic mass is 9.83. The fraction of sp³-hybridized carbons (Fsp3) is 0.294. The number of halogens is 2. The van der Waals surface area contributed by atoms with Gasteiger partial charge in [-0.1, -0.05) is 11.2 Å². The molecule has 2 rings (SSSR count). The van der Waals surface area contributed by atoms with Gasteiger partial charge in [-0.15, -0.1) is 0 Å². The topological polar surface area (TPSA) is 109 Å². The molecule has 0 amide bonds. The van der Waals surface area contributed by atoms with Gasteiger partial charge in [0.1, 0.15) is 11.6 Å². The molecule has 1 aromatic carbocycles. The number of aromatic nitrogens is 2. The van der Waals surface area contributed by atoms with Crippen LogP contribution in [0.5, 0.6) is 11.8 Å². The molecular weight excluding hydrogens is 362 g/mol. The quantitative estimate of drug-likeness (QED) is 0.443. The van der Waals surface area contributed by atoms with E-state index in [4.69, 9.17) is 20.0 Å². The third-order valence-electron chi connectivity index (χ3n) is 3.71. The van der Waals surface area contributed by atoms with Gasteiger partial charge in [0, 0.05) is 17.5 Å². The number of ether oxygens (including phenoxy) is 2. The third-order valence-corrected chi connectivity index (χ3v) is 3.71. The first-order valence-corrected chi connectivity index (χ1v) is 7.72. The maximum atomic E-state index is 14.0. The summed E-state index contributed by atoms with van der Waals surface area (Å²) >= 11 is 0. The van der Waals surface area contributed by atoms with Crippen molar-refractivity contribution in [2.24, 2.45) is 10.9 Å². The first-order valence-electron chi connectivity index (χ1n) is 7.72. The van der Waals surface area contributed by atoms with E-state index in [-0.39, 0.29) is 29.7 Å². The van der Waals surface area contributed by atoms with Crippen LogP contribution >= 0.6 is 0 Å². The lowest BCUT2D eigenvalue weighted by molar-refractivity contribution is 0.0499. The summed E-state index contributed by atoms with van der Waals surface area (Å²) in [5.41, 5.74) is 4.03. The largest absolute Gasteiger partial charge is 0.481 e. The molecule has 0 aliphatic heterocycles. The molecule has 8 nitrogen and oxygen atoms in total. The van der Waals surface area contributed by atoms with Gasteiger partial charge < -0.3 is 20.0 Å². The number of carbonyl (C=O) groups is 1. The first kappa shape index (κ1) is 20.2. The summed E-state index contributed by atoms with van der Waals surface area (Å²) in [4.78, 5) is 24.4. The second kappa shape index (κ2) is 8.49. The standard InChI is InChI=1S/C17H18F2N4O4/c1-17(8-20,14-10(18)5-4-6-11(14)19)9-21-27-16(24)15-22-12(25-2)7-13(23-15)26-3/h4-7,9H,8,20H2,1-3H3/t17-/m1/s1. The van der Waals surface area contributed by atoms with Crippen molar-refractivity contribution in [2.45, 2.75) is 12.3 Å². The number of oxime groups is 1. The van der Waals surface area contributed by atoms with Gasteiger partial charge in [-0.3, -0.25) is 0 Å². The molecule has 0 radical (unpaired) electrons. The molecule has 1 atom stereocenters. The number of benzene rings is 1. The lowest BCUT2D eigenvalue weighted by Crippen LogP contribution is -2.35. The van der Waals surface area contributed by atoms with Crippen molar-refractivity contribution < 1.29 is 27.9 Å². The van der Waals surface area contributed by atoms with Crippen LogP contribution in [0, 0.1) is 11.6 Å². The molecular formula is C17H18F2N4O4. The van der Waals surface area contributed by atoms with Crippen molar-refractivity contribution in [3.8, 4) is 11.8 Å². The minimum absolute atomic E-state index is 0.0815. The maximum absolute atomic E-state index is 14.0. The molecule has 0 fully saturated rings. The van der Waals surface area contributed by atoms with E-state index < -0.39 is 23.0 Å². The van der Waals surface area contributed by atoms with E-state index in [1.165, 1.54) is 33.3 Å². The Hall–Kier alpha value is -3.14. The number of hydrogen-bond acceptors (Lipinski definition) is 8. The highest BCUT2D eigenvalue weighted by atomic mass is 19.1. The van der Waals surface area contributed by atoms with Crippen LogP contribution < -0.4 is 15.2 Å². The highest BCUT2D eigenvalue weighted by Crippen LogP contribution is 2.26. The Bertz CT molecular complexity index is 820. The van der Waals surface area contributed by atoms with E-state index in [0.717, 1.165) is 18.3 Å². The number of hydrogen-bond donors (Lipinski definition) is 1. The summed E-state index contributed by atoms with van der Waals surface area (Å²) in [7, 11) is 2.70. The van der Waals surface area contributed by atoms with Crippen LogP contribution in [-0.4, -0.2) is 42.9 Å². The monoisotopic (exact) mass is 380 g/mol. The van der Waals surface area contributed by atoms with Crippen LogP contribution in [0.2, 0.25) is 0 Å². The number of rotatable bonds is 7. The zero-order chi connectivity index (χ0) is 20.0. The Morgan fingerprint density at radius 3 is 2.26 bits per heavy atom. The molecule has 0 unspecified atom stereocenters. The highest BCUT2D eigenvalue weighted by Gasteiger charge is 2.30. The van der Waals surface area contributed by atoms with Crippen LogP contribution in [0.1, 0.15) is 23.1 Å². The molecule has 2 aromatic rings. The van der Waals surface area contributed by atoms with Crippen molar-refractivity contribution in [2.75, 3.05) is 20.8 Å². The van der Waals surface area contributed by atoms with Crippen LogP contribution in [0.25, 0.3) is 0 Å². The molecule has 0 aliphatic carbocycles. The van der Waals surface area contributed by atoms with E-state index in [2.05, 4.69) is 15.1 Å². The summed E-state index contributed by atoms with van der Waals surface area (Å²) < 4.78 is 37.9. The van der Waals surface area contributed by atoms with Crippen LogP contribution in [-0.2, 0) is 10.3 Å². The second-order valence-electron chi connectivity index (χ2n) is 5.61. The Labute approximate surface area is 154 Å². The number of nitrogens with zero attached hydrogens (tertiary/aromatic N) is 3. The van der Waals surface area contributed by atoms with Crippen LogP contribution in [0.3, 0.4) is 0 Å². The van der Waals surface area contributed by atoms with Crippen molar-refractivity contribution >= 4 is 12.2 Å². The summed E-state index contributed by atoms with van der Waals surface area (Å²) in [6, 6.07) is 4.80. The molecule has 1 heterocycles. The van der Waals surface area contributed by atoms with E-state index >= 15 is 0 Å². The number of methoxy groups -OCH3 is 2. The summed E-state index contributed by atoms with van der Waals surface area (Å²) in [5, 5.41) is 3.51. The second-order valence-corrected chi connectivity index (χ2v) is 5.61. The normalized spacial score (nSPS) is 13.3. The zero-order valence-corrected chi connectivity index (χ0v) is 14.9. The SMILES string of the molecule is COc1cc(OC)nc(C(=O)ON=C[C@@](C)(CN)c2c(F)cccc2F)n1. The summed E-state index contributed by atoms with van der Waals surface area (Å²) in [6.07, 6.45) is 1.05. The van der Waals surface area contributed by atoms with Gasteiger partial charge in [0.15, 0.2) is 0 Å². The Balaban J connectivity index is 2.23. The van der Waals surface area contributed by atoms with Crippen LogP contribution in [0.4, 0.5) is 8.78 Å². The summed E-state index contributed by atoms with van der Waals surface area (Å²) in [5.74, 6) is -2.80. The zero-order valence-electron chi connectivity index (χ0n) is 14.9. The fourth-order valence-electron chi connectivity index (χ4n) is 2.20. The minimum atomic E-state index is -1.34. The van der Waals surface area contributed by atoms with Gasteiger partial charge in [-0.25, -0.2) is 13.6 Å². The van der Waals surface area contributed by atoms with Crippen molar-refractivity contribution in [3.63, 3.8) is 0 Å². The molecule has 2 N–H and O–H groups in total. The average Bonchev–Trinajstić information content (AvgIpc) is 2.67. The molecule has 0 saturated carbocycles. The van der Waals surface area contributed by atoms with Gasteiger partial charge in [0.25, 0.3) is 0 Å². The summed E-state index contributed by atoms with van der Waals surface area (Å²) in [6.45, 7) is 1.27. The van der Waals surface area contributed by atoms with Crippen molar-refractivity contribution in [1.29, 1.82) is 0 Å². The van der Waals surface area contributed by atoms with E-state index in [1.807, 2.05) is 0 Å². The number of carbonyl (C=O) groups excluding carboxylic acids is 1. The van der Waals surface area contributed by atoms with Gasteiger partial charge in [-0.05, 0) is 19.1 Å². The Morgan fingerprint density at radius 1 is 1.22 bits per heavy atom. The van der Waals surface area contributed by atoms with Crippen molar-refractivity contribution in [1.82, 2.24) is 9.97 Å². The molecule has 0 aliphatic rings. The molecule has 0 spiro atoms. The first-order chi connectivity index (χ1) is 12.8. The molecule has 0 saturated heterocycles. The number of nitrogens with two attached hydrogens (primary N) is 1.